The first-order valence-corrected chi connectivity index (χ1v) is 8.88. The van der Waals surface area contributed by atoms with Crippen LogP contribution in [0.5, 0.6) is 0 Å². The van der Waals surface area contributed by atoms with Crippen LogP contribution in [0.3, 0.4) is 0 Å². The topological polar surface area (TPSA) is 75.5 Å². The van der Waals surface area contributed by atoms with E-state index in [1.54, 1.807) is 23.1 Å². The molecule has 1 fully saturated rings. The van der Waals surface area contributed by atoms with Crippen LogP contribution in [0.15, 0.2) is 42.5 Å². The number of nitro benzene ring substituents is 1. The molecule has 0 radical (unpaired) electrons. The number of benzene rings is 2. The molecule has 2 aromatic rings. The van der Waals surface area contributed by atoms with Gasteiger partial charge in [0.15, 0.2) is 0 Å². The van der Waals surface area contributed by atoms with Crippen molar-refractivity contribution in [3.05, 3.63) is 68.7 Å². The molecule has 1 aliphatic heterocycles. The number of carbonyl (C=O) groups excluding carboxylic acids is 1. The lowest BCUT2D eigenvalue weighted by Gasteiger charge is -2.16. The smallest absolute Gasteiger partial charge is 0.293 e. The average Bonchev–Trinajstić information content (AvgIpc) is 3.06. The highest BCUT2D eigenvalue weighted by Crippen LogP contribution is 2.28. The average molecular weight is 374 g/mol. The summed E-state index contributed by atoms with van der Waals surface area (Å²) in [5, 5.41) is 15.1. The fourth-order valence-corrected chi connectivity index (χ4v) is 3.30. The van der Waals surface area contributed by atoms with E-state index in [4.69, 9.17) is 11.6 Å². The molecule has 1 amide bonds. The number of hydrogen-bond donors (Lipinski definition) is 1. The summed E-state index contributed by atoms with van der Waals surface area (Å²) < 4.78 is 0. The molecule has 0 bridgehead atoms. The molecule has 1 atom stereocenters. The highest BCUT2D eigenvalue weighted by atomic mass is 35.5. The maximum atomic E-state index is 12.6. The van der Waals surface area contributed by atoms with Crippen molar-refractivity contribution in [2.45, 2.75) is 19.9 Å². The minimum atomic E-state index is -0.474. The van der Waals surface area contributed by atoms with Crippen LogP contribution >= 0.6 is 11.6 Å². The molecule has 1 unspecified atom stereocenters. The van der Waals surface area contributed by atoms with Crippen molar-refractivity contribution >= 4 is 28.9 Å². The van der Waals surface area contributed by atoms with E-state index in [9.17, 15) is 14.9 Å². The zero-order valence-corrected chi connectivity index (χ0v) is 15.2. The van der Waals surface area contributed by atoms with Crippen molar-refractivity contribution in [3.63, 3.8) is 0 Å². The van der Waals surface area contributed by atoms with E-state index >= 15 is 0 Å². The molecule has 136 valence electrons. The third kappa shape index (κ3) is 3.96. The molecule has 26 heavy (non-hydrogen) atoms. The van der Waals surface area contributed by atoms with Crippen LogP contribution in [0.4, 0.5) is 11.4 Å². The summed E-state index contributed by atoms with van der Waals surface area (Å²) >= 11 is 6.12. The Bertz CT molecular complexity index is 841. The van der Waals surface area contributed by atoms with Crippen molar-refractivity contribution in [2.24, 2.45) is 5.92 Å². The van der Waals surface area contributed by atoms with Gasteiger partial charge in [-0.25, -0.2) is 0 Å². The lowest BCUT2D eigenvalue weighted by molar-refractivity contribution is -0.384. The zero-order valence-electron chi connectivity index (χ0n) is 14.4. The Kier molecular flexibility index (Phi) is 5.42. The van der Waals surface area contributed by atoms with Crippen molar-refractivity contribution in [3.8, 4) is 0 Å². The minimum absolute atomic E-state index is 0.116. The van der Waals surface area contributed by atoms with Crippen molar-refractivity contribution < 1.29 is 9.72 Å². The Morgan fingerprint density at radius 3 is 2.77 bits per heavy atom. The van der Waals surface area contributed by atoms with Crippen LogP contribution in [0.1, 0.15) is 29.3 Å². The van der Waals surface area contributed by atoms with E-state index in [1.807, 2.05) is 18.2 Å². The van der Waals surface area contributed by atoms with E-state index in [0.717, 1.165) is 12.0 Å². The normalized spacial score (nSPS) is 16.5. The van der Waals surface area contributed by atoms with Crippen molar-refractivity contribution in [1.82, 2.24) is 4.90 Å². The zero-order chi connectivity index (χ0) is 18.7. The Balaban J connectivity index is 1.80. The van der Waals surface area contributed by atoms with Gasteiger partial charge in [-0.3, -0.25) is 14.9 Å². The van der Waals surface area contributed by atoms with Gasteiger partial charge in [0.2, 0.25) is 0 Å². The predicted octanol–water partition coefficient (Wildman–Crippen LogP) is 4.34. The number of carbonyl (C=O) groups is 1. The minimum Gasteiger partial charge on any atom is -0.375 e. The largest absolute Gasteiger partial charge is 0.375 e. The summed E-state index contributed by atoms with van der Waals surface area (Å²) in [4.78, 5) is 25.3. The maximum Gasteiger partial charge on any atom is 0.293 e. The number of rotatable bonds is 5. The van der Waals surface area contributed by atoms with E-state index < -0.39 is 4.92 Å². The van der Waals surface area contributed by atoms with Crippen LogP contribution in [0.2, 0.25) is 5.02 Å². The number of anilines is 1. The molecular formula is C19H20ClN3O3. The molecule has 0 saturated carbocycles. The molecule has 1 N–H and O–H groups in total. The van der Waals surface area contributed by atoms with Gasteiger partial charge in [-0.2, -0.15) is 0 Å². The molecule has 0 spiro atoms. The summed E-state index contributed by atoms with van der Waals surface area (Å²) in [6, 6.07) is 11.9. The van der Waals surface area contributed by atoms with Crippen LogP contribution in [-0.2, 0) is 6.54 Å². The lowest BCUT2D eigenvalue weighted by Crippen LogP contribution is -2.28. The summed E-state index contributed by atoms with van der Waals surface area (Å²) in [5.41, 5.74) is 1.43. The number of likely N-dealkylation sites (tertiary alicyclic amines) is 1. The molecule has 0 aliphatic carbocycles. The molecule has 3 rings (SSSR count). The van der Waals surface area contributed by atoms with Crippen LogP contribution in [0, 0.1) is 16.0 Å². The predicted molar refractivity (Wildman–Crippen MR) is 102 cm³/mol. The highest BCUT2D eigenvalue weighted by molar-refractivity contribution is 6.31. The van der Waals surface area contributed by atoms with E-state index in [-0.39, 0.29) is 11.6 Å². The Hall–Kier alpha value is -2.60. The van der Waals surface area contributed by atoms with Gasteiger partial charge in [0.25, 0.3) is 11.6 Å². The van der Waals surface area contributed by atoms with Gasteiger partial charge < -0.3 is 10.2 Å². The number of hydrogen-bond acceptors (Lipinski definition) is 4. The van der Waals surface area contributed by atoms with E-state index in [2.05, 4.69) is 12.2 Å². The maximum absolute atomic E-state index is 12.6. The van der Waals surface area contributed by atoms with Gasteiger partial charge in [0.05, 0.1) is 4.92 Å². The third-order valence-corrected chi connectivity index (χ3v) is 4.95. The number of halogens is 1. The summed E-state index contributed by atoms with van der Waals surface area (Å²) in [6.07, 6.45) is 0.964. The number of nitro groups is 1. The molecule has 0 aromatic heterocycles. The summed E-state index contributed by atoms with van der Waals surface area (Å²) in [5.74, 6) is 0.306. The quantitative estimate of drug-likeness (QED) is 0.624. The first-order valence-electron chi connectivity index (χ1n) is 8.50. The first kappa shape index (κ1) is 18.2. The Labute approximate surface area is 156 Å². The van der Waals surface area contributed by atoms with Gasteiger partial charge in [-0.15, -0.1) is 0 Å². The molecule has 1 saturated heterocycles. The Morgan fingerprint density at radius 2 is 2.12 bits per heavy atom. The second-order valence-corrected chi connectivity index (χ2v) is 6.99. The molecule has 7 heteroatoms. The molecular weight excluding hydrogens is 354 g/mol. The first-order chi connectivity index (χ1) is 12.5. The monoisotopic (exact) mass is 373 g/mol. The lowest BCUT2D eigenvalue weighted by atomic mass is 10.1. The number of amides is 1. The Morgan fingerprint density at radius 1 is 1.35 bits per heavy atom. The SMILES string of the molecule is CC1CCN(C(=O)c2ccc(NCc3ccccc3Cl)c([N+](=O)[O-])c2)C1. The van der Waals surface area contributed by atoms with E-state index in [0.29, 0.717) is 41.8 Å². The fourth-order valence-electron chi connectivity index (χ4n) is 3.10. The van der Waals surface area contributed by atoms with Crippen LogP contribution in [-0.4, -0.2) is 28.8 Å². The summed E-state index contributed by atoms with van der Waals surface area (Å²) in [6.45, 7) is 3.84. The molecule has 1 heterocycles. The van der Waals surface area contributed by atoms with Crippen LogP contribution < -0.4 is 5.32 Å². The van der Waals surface area contributed by atoms with Crippen molar-refractivity contribution in [1.29, 1.82) is 0 Å². The standard InChI is InChI=1S/C19H20ClN3O3/c1-13-8-9-22(12-13)19(24)14-6-7-17(18(10-14)23(25)26)21-11-15-4-2-3-5-16(15)20/h2-7,10,13,21H,8-9,11-12H2,1H3. The van der Waals surface area contributed by atoms with Gasteiger partial charge in [0, 0.05) is 36.3 Å². The fraction of sp³-hybridized carbons (Fsp3) is 0.316. The van der Waals surface area contributed by atoms with Gasteiger partial charge in [-0.05, 0) is 36.1 Å². The second-order valence-electron chi connectivity index (χ2n) is 6.58. The number of nitrogens with one attached hydrogen (secondary N) is 1. The highest BCUT2D eigenvalue weighted by Gasteiger charge is 2.26. The van der Waals surface area contributed by atoms with Crippen LogP contribution in [0.25, 0.3) is 0 Å². The molecule has 1 aliphatic rings. The number of nitrogens with zero attached hydrogens (tertiary/aromatic N) is 2. The molecule has 6 nitrogen and oxygen atoms in total. The molecule has 2 aromatic carbocycles. The summed E-state index contributed by atoms with van der Waals surface area (Å²) in [7, 11) is 0. The second kappa shape index (κ2) is 7.74. The van der Waals surface area contributed by atoms with Gasteiger partial charge >= 0.3 is 0 Å². The van der Waals surface area contributed by atoms with Crippen molar-refractivity contribution in [2.75, 3.05) is 18.4 Å². The van der Waals surface area contributed by atoms with Gasteiger partial charge in [0.1, 0.15) is 5.69 Å². The third-order valence-electron chi connectivity index (χ3n) is 4.58. The van der Waals surface area contributed by atoms with E-state index in [1.165, 1.54) is 6.07 Å². The van der Waals surface area contributed by atoms with Gasteiger partial charge in [-0.1, -0.05) is 36.7 Å².